The highest BCUT2D eigenvalue weighted by atomic mass is 14.7. The van der Waals surface area contributed by atoms with Crippen LogP contribution < -0.4 is 20.9 Å². The van der Waals surface area contributed by atoms with E-state index in [1.165, 1.54) is 24.3 Å². The summed E-state index contributed by atoms with van der Waals surface area (Å²) in [7, 11) is 0. The zero-order chi connectivity index (χ0) is 24.8. The van der Waals surface area contributed by atoms with Crippen molar-refractivity contribution in [3.05, 3.63) is 103 Å². The van der Waals surface area contributed by atoms with Crippen molar-refractivity contribution in [3.8, 4) is 24.3 Å². The largest absolute Gasteiger partial charge is 0.269 e. The fraction of sp³-hybridized carbons (Fsp3) is 0. The van der Waals surface area contributed by atoms with Crippen molar-refractivity contribution in [2.24, 2.45) is 0 Å². The van der Waals surface area contributed by atoms with Gasteiger partial charge in [-0.25, -0.2) is 40.4 Å². The predicted octanol–water partition coefficient (Wildman–Crippen LogP) is 2.20. The highest BCUT2D eigenvalue weighted by Crippen LogP contribution is 2.17. The zero-order valence-corrected chi connectivity index (χ0v) is 17.0. The van der Waals surface area contributed by atoms with Gasteiger partial charge in [-0.3, -0.25) is 0 Å². The lowest BCUT2D eigenvalue weighted by atomic mass is 9.96. The van der Waals surface area contributed by atoms with Gasteiger partial charge in [0.15, 0.2) is 0 Å². The summed E-state index contributed by atoms with van der Waals surface area (Å²) in [5, 5.41) is 40.2. The van der Waals surface area contributed by atoms with Crippen LogP contribution in [-0.4, -0.2) is 0 Å². The quantitative estimate of drug-likeness (QED) is 0.402. The maximum Gasteiger partial charge on any atom is 0.269 e. The van der Waals surface area contributed by atoms with Crippen LogP contribution in [0.4, 0.5) is 0 Å². The molecule has 150 valence electrons. The van der Waals surface area contributed by atoms with E-state index in [1.807, 2.05) is 24.3 Å². The van der Waals surface area contributed by atoms with Gasteiger partial charge in [-0.1, -0.05) is 24.3 Å². The summed E-state index contributed by atoms with van der Waals surface area (Å²) >= 11 is 0. The number of hydrogen-bond donors (Lipinski definition) is 0. The molecule has 0 saturated carbocycles. The van der Waals surface area contributed by atoms with Crippen molar-refractivity contribution in [2.45, 2.75) is 0 Å². The highest BCUT2D eigenvalue weighted by molar-refractivity contribution is 6.03. The molecule has 0 saturated heterocycles. The third-order valence-corrected chi connectivity index (χ3v) is 5.04. The SMILES string of the molecule is [C-]#[N+]/C(C#N)=c1/cc/c(=C(\C#N)[N+]#[C-])c2cc3/c(=C(\C#N)[N+]#[C-])cc/c(=C(/C#N)[N+]#[C-])c3cc12. The normalized spacial score (nSPS) is 13.2. The van der Waals surface area contributed by atoms with Crippen molar-refractivity contribution in [2.75, 3.05) is 0 Å². The Bertz CT molecular complexity index is 1680. The first-order valence-corrected chi connectivity index (χ1v) is 9.16. The Morgan fingerprint density at radius 2 is 0.676 bits per heavy atom. The van der Waals surface area contributed by atoms with Crippen LogP contribution in [0.2, 0.25) is 0 Å². The Kier molecular flexibility index (Phi) is 6.00. The number of nitriles is 4. The number of nitrogens with zero attached hydrogens (tertiary/aromatic N) is 8. The minimum Gasteiger partial charge on any atom is -0.226 e. The van der Waals surface area contributed by atoms with E-state index < -0.39 is 0 Å². The van der Waals surface area contributed by atoms with E-state index in [2.05, 4.69) is 19.4 Å². The van der Waals surface area contributed by atoms with E-state index >= 15 is 0 Å². The Morgan fingerprint density at radius 3 is 0.824 bits per heavy atom. The molecule has 0 amide bonds. The van der Waals surface area contributed by atoms with Gasteiger partial charge in [0.05, 0.1) is 50.6 Å². The second-order valence-electron chi connectivity index (χ2n) is 6.55. The molecule has 0 N–H and O–H groups in total. The molecule has 3 aromatic rings. The minimum absolute atomic E-state index is 0.227. The van der Waals surface area contributed by atoms with Crippen LogP contribution in [0.1, 0.15) is 0 Å². The highest BCUT2D eigenvalue weighted by Gasteiger charge is 2.11. The molecule has 0 aliphatic rings. The van der Waals surface area contributed by atoms with Gasteiger partial charge in [0.2, 0.25) is 0 Å². The average Bonchev–Trinajstić information content (AvgIpc) is 2.87. The molecule has 8 nitrogen and oxygen atoms in total. The number of benzene rings is 3. The summed E-state index contributed by atoms with van der Waals surface area (Å²) in [6.07, 6.45) is 0. The van der Waals surface area contributed by atoms with E-state index in [0.717, 1.165) is 0 Å². The summed E-state index contributed by atoms with van der Waals surface area (Å²) in [6, 6.07) is 16.3. The molecular weight excluding hydrogens is 424 g/mol. The molecule has 0 atom stereocenters. The Hall–Kier alpha value is -6.42. The molecule has 0 unspecified atom stereocenters. The summed E-state index contributed by atoms with van der Waals surface area (Å²) in [4.78, 5) is 13.1. The predicted molar refractivity (Wildman–Crippen MR) is 122 cm³/mol. The van der Waals surface area contributed by atoms with Gasteiger partial charge in [0.25, 0.3) is 22.8 Å². The van der Waals surface area contributed by atoms with Crippen molar-refractivity contribution in [1.29, 1.82) is 21.0 Å². The van der Waals surface area contributed by atoms with Crippen molar-refractivity contribution in [3.63, 3.8) is 0 Å². The molecule has 0 fully saturated rings. The van der Waals surface area contributed by atoms with E-state index in [1.54, 1.807) is 12.1 Å². The van der Waals surface area contributed by atoms with Crippen LogP contribution >= 0.6 is 0 Å². The maximum atomic E-state index is 9.46. The lowest BCUT2D eigenvalue weighted by molar-refractivity contribution is 1.50. The molecule has 0 spiro atoms. The maximum absolute atomic E-state index is 9.46. The van der Waals surface area contributed by atoms with E-state index in [0.29, 0.717) is 21.5 Å². The van der Waals surface area contributed by atoms with Crippen LogP contribution in [0.15, 0.2) is 36.4 Å². The lowest BCUT2D eigenvalue weighted by Gasteiger charge is -2.08. The molecule has 8 heteroatoms. The minimum atomic E-state index is -0.227. The first-order valence-electron chi connectivity index (χ1n) is 9.16. The molecule has 3 aromatic carbocycles. The molecule has 0 aliphatic heterocycles. The number of fused-ring (bicyclic) bond motifs is 2. The fourth-order valence-electron chi connectivity index (χ4n) is 3.59. The average molecular weight is 430 g/mol. The first kappa shape index (κ1) is 22.3. The topological polar surface area (TPSA) is 113 Å². The van der Waals surface area contributed by atoms with Gasteiger partial charge in [-0.2, -0.15) is 0 Å². The lowest BCUT2D eigenvalue weighted by Crippen LogP contribution is -2.19. The standard InChI is InChI=1S/C26H6N8/c1-31-23(11-27)15-5-6-16(24(12-28)32-2)20-10-22-18(26(14-30)34-4)8-7-17(25(13-29)33-3)21(22)9-19(15)20/h5-10H/b23-15-,24-16-,25-17+,26-18+. The van der Waals surface area contributed by atoms with E-state index in [4.69, 9.17) is 26.3 Å². The molecular formula is C26H6N8. The molecule has 0 aromatic heterocycles. The third-order valence-electron chi connectivity index (χ3n) is 5.04. The van der Waals surface area contributed by atoms with Crippen LogP contribution in [0.5, 0.6) is 0 Å². The van der Waals surface area contributed by atoms with Crippen LogP contribution in [-0.2, 0) is 0 Å². The summed E-state index contributed by atoms with van der Waals surface area (Å²) in [5.74, 6) is 0. The molecule has 34 heavy (non-hydrogen) atoms. The van der Waals surface area contributed by atoms with E-state index in [-0.39, 0.29) is 43.7 Å². The van der Waals surface area contributed by atoms with Crippen molar-refractivity contribution in [1.82, 2.24) is 0 Å². The Balaban J connectivity index is 3.01. The molecule has 0 bridgehead atoms. The smallest absolute Gasteiger partial charge is 0.226 e. The van der Waals surface area contributed by atoms with Crippen LogP contribution in [0, 0.1) is 71.6 Å². The van der Waals surface area contributed by atoms with Gasteiger partial charge in [-0.05, 0) is 54.6 Å². The second kappa shape index (κ2) is 9.16. The molecule has 0 radical (unpaired) electrons. The van der Waals surface area contributed by atoms with E-state index in [9.17, 15) is 21.0 Å². The molecule has 3 rings (SSSR count). The second-order valence-corrected chi connectivity index (χ2v) is 6.55. The summed E-state index contributed by atoms with van der Waals surface area (Å²) in [5.41, 5.74) is -0.907. The zero-order valence-electron chi connectivity index (χ0n) is 17.0. The van der Waals surface area contributed by atoms with Gasteiger partial charge in [0.1, 0.15) is 0 Å². The Labute approximate surface area is 192 Å². The third kappa shape index (κ3) is 3.38. The van der Waals surface area contributed by atoms with Gasteiger partial charge in [-0.15, -0.1) is 0 Å². The molecule has 0 heterocycles. The van der Waals surface area contributed by atoms with Crippen molar-refractivity contribution < 1.29 is 0 Å². The first-order chi connectivity index (χ1) is 16.5. The number of rotatable bonds is 0. The fourth-order valence-corrected chi connectivity index (χ4v) is 3.59. The summed E-state index contributed by atoms with van der Waals surface area (Å²) < 4.78 is 0. The van der Waals surface area contributed by atoms with Gasteiger partial charge >= 0.3 is 0 Å². The van der Waals surface area contributed by atoms with Crippen molar-refractivity contribution >= 4 is 44.3 Å². The molecule has 0 aliphatic carbocycles. The van der Waals surface area contributed by atoms with Gasteiger partial charge < -0.3 is 0 Å². The van der Waals surface area contributed by atoms with Gasteiger partial charge in [0, 0.05) is 0 Å². The van der Waals surface area contributed by atoms with Crippen LogP contribution in [0.3, 0.4) is 0 Å². The Morgan fingerprint density at radius 1 is 0.471 bits per heavy atom. The number of hydrogen-bond acceptors (Lipinski definition) is 4. The van der Waals surface area contributed by atoms with Crippen LogP contribution in [0.25, 0.3) is 63.7 Å². The summed E-state index contributed by atoms with van der Waals surface area (Å²) in [6.45, 7) is 29.4. The monoisotopic (exact) mass is 430 g/mol.